The number of hydrogen-bond donors (Lipinski definition) is 1. The highest BCUT2D eigenvalue weighted by Gasteiger charge is 2.07. The lowest BCUT2D eigenvalue weighted by molar-refractivity contribution is 0.109. The molecule has 0 spiro atoms. The van der Waals surface area contributed by atoms with Crippen LogP contribution in [0.15, 0.2) is 0 Å². The molecule has 0 saturated carbocycles. The van der Waals surface area contributed by atoms with Crippen molar-refractivity contribution < 1.29 is 9.53 Å². The first kappa shape index (κ1) is 9.23. The minimum atomic E-state index is -0.381. The van der Waals surface area contributed by atoms with Crippen LogP contribution in [0.3, 0.4) is 0 Å². The first-order valence-electron chi connectivity index (χ1n) is 3.15. The number of carbonyl (C=O) groups is 1. The fourth-order valence-corrected chi connectivity index (χ4v) is 0.577. The molecule has 1 N–H and O–H groups in total. The summed E-state index contributed by atoms with van der Waals surface area (Å²) >= 11 is 0. The number of carbonyl (C=O) groups excluding carboxylic acids is 1. The number of ether oxygens (including phenoxy) is 1. The Morgan fingerprint density at radius 2 is 2.10 bits per heavy atom. The average Bonchev–Trinajstić information content (AvgIpc) is 1.85. The molecule has 0 atom stereocenters. The van der Waals surface area contributed by atoms with Crippen LogP contribution in [0.5, 0.6) is 0 Å². The Morgan fingerprint density at radius 3 is 2.40 bits per heavy atom. The van der Waals surface area contributed by atoms with E-state index in [2.05, 4.69) is 10.2 Å². The van der Waals surface area contributed by atoms with Gasteiger partial charge in [0.05, 0.1) is 7.11 Å². The van der Waals surface area contributed by atoms with Crippen LogP contribution >= 0.6 is 0 Å². The standard InChI is InChI=1S/C6H14N2O2/c1-5(2)7-8(3)6(9)10-4/h5,7H,1-4H3. The molecule has 0 saturated heterocycles. The van der Waals surface area contributed by atoms with E-state index >= 15 is 0 Å². The van der Waals surface area contributed by atoms with E-state index < -0.39 is 0 Å². The molecule has 4 heteroatoms. The van der Waals surface area contributed by atoms with Crippen molar-refractivity contribution in [2.45, 2.75) is 19.9 Å². The Labute approximate surface area is 61.1 Å². The molecule has 0 bridgehead atoms. The smallest absolute Gasteiger partial charge is 0.423 e. The van der Waals surface area contributed by atoms with E-state index in [1.165, 1.54) is 12.1 Å². The third-order valence-electron chi connectivity index (χ3n) is 0.900. The minimum Gasteiger partial charge on any atom is -0.452 e. The van der Waals surface area contributed by atoms with Gasteiger partial charge in [-0.3, -0.25) is 0 Å². The van der Waals surface area contributed by atoms with E-state index in [0.717, 1.165) is 0 Å². The Balaban J connectivity index is 3.61. The van der Waals surface area contributed by atoms with E-state index in [1.54, 1.807) is 7.05 Å². The number of amides is 1. The fourth-order valence-electron chi connectivity index (χ4n) is 0.577. The maximum Gasteiger partial charge on any atom is 0.423 e. The summed E-state index contributed by atoms with van der Waals surface area (Å²) in [5.74, 6) is 0. The van der Waals surface area contributed by atoms with Crippen LogP contribution in [0.1, 0.15) is 13.8 Å². The number of rotatable bonds is 2. The van der Waals surface area contributed by atoms with Gasteiger partial charge in [-0.2, -0.15) is 0 Å². The molecular formula is C6H14N2O2. The third-order valence-corrected chi connectivity index (χ3v) is 0.900. The monoisotopic (exact) mass is 146 g/mol. The van der Waals surface area contributed by atoms with Crippen molar-refractivity contribution in [2.24, 2.45) is 0 Å². The number of nitrogens with zero attached hydrogens (tertiary/aromatic N) is 1. The Bertz CT molecular complexity index is 114. The summed E-state index contributed by atoms with van der Waals surface area (Å²) in [5, 5.41) is 1.31. The van der Waals surface area contributed by atoms with E-state index in [9.17, 15) is 4.79 Å². The van der Waals surface area contributed by atoms with E-state index in [-0.39, 0.29) is 12.1 Å². The van der Waals surface area contributed by atoms with Crippen LogP contribution in [-0.4, -0.2) is 31.3 Å². The zero-order chi connectivity index (χ0) is 8.15. The Hall–Kier alpha value is -0.770. The maximum atomic E-state index is 10.7. The summed E-state index contributed by atoms with van der Waals surface area (Å²) < 4.78 is 4.44. The molecule has 1 amide bonds. The van der Waals surface area contributed by atoms with E-state index in [1.807, 2.05) is 13.8 Å². The van der Waals surface area contributed by atoms with E-state index in [0.29, 0.717) is 0 Å². The van der Waals surface area contributed by atoms with Crippen LogP contribution in [0.2, 0.25) is 0 Å². The second-order valence-corrected chi connectivity index (χ2v) is 2.31. The van der Waals surface area contributed by atoms with Crippen molar-refractivity contribution in [3.63, 3.8) is 0 Å². The van der Waals surface area contributed by atoms with Gasteiger partial charge in [0.15, 0.2) is 0 Å². The highest BCUT2D eigenvalue weighted by Crippen LogP contribution is 1.85. The van der Waals surface area contributed by atoms with Gasteiger partial charge in [-0.05, 0) is 13.8 Å². The molecule has 10 heavy (non-hydrogen) atoms. The van der Waals surface area contributed by atoms with Gasteiger partial charge in [-0.25, -0.2) is 15.2 Å². The van der Waals surface area contributed by atoms with Crippen LogP contribution < -0.4 is 5.43 Å². The quantitative estimate of drug-likeness (QED) is 0.580. The van der Waals surface area contributed by atoms with Crippen LogP contribution in [-0.2, 0) is 4.74 Å². The number of hydrazine groups is 1. The molecule has 60 valence electrons. The molecule has 0 heterocycles. The molecule has 0 radical (unpaired) electrons. The minimum absolute atomic E-state index is 0.240. The normalized spacial score (nSPS) is 9.70. The summed E-state index contributed by atoms with van der Waals surface area (Å²) in [6, 6.07) is 0.240. The first-order valence-corrected chi connectivity index (χ1v) is 3.15. The predicted octanol–water partition coefficient (Wildman–Crippen LogP) is 0.598. The molecular weight excluding hydrogens is 132 g/mol. The van der Waals surface area contributed by atoms with Gasteiger partial charge in [0, 0.05) is 13.1 Å². The molecule has 0 aromatic carbocycles. The zero-order valence-corrected chi connectivity index (χ0v) is 6.84. The van der Waals surface area contributed by atoms with Crippen molar-refractivity contribution in [3.05, 3.63) is 0 Å². The predicted molar refractivity (Wildman–Crippen MR) is 38.4 cm³/mol. The van der Waals surface area contributed by atoms with Gasteiger partial charge in [0.25, 0.3) is 0 Å². The second-order valence-electron chi connectivity index (χ2n) is 2.31. The lowest BCUT2D eigenvalue weighted by atomic mass is 10.4. The number of methoxy groups -OCH3 is 1. The molecule has 0 fully saturated rings. The van der Waals surface area contributed by atoms with Crippen molar-refractivity contribution in [3.8, 4) is 0 Å². The molecule has 0 aromatic rings. The van der Waals surface area contributed by atoms with Gasteiger partial charge in [-0.1, -0.05) is 0 Å². The first-order chi connectivity index (χ1) is 4.57. The zero-order valence-electron chi connectivity index (χ0n) is 6.84. The number of nitrogens with one attached hydrogen (secondary N) is 1. The largest absolute Gasteiger partial charge is 0.452 e. The Kier molecular flexibility index (Phi) is 3.79. The average molecular weight is 146 g/mol. The van der Waals surface area contributed by atoms with Crippen molar-refractivity contribution >= 4 is 6.09 Å². The molecule has 0 aliphatic heterocycles. The van der Waals surface area contributed by atoms with Crippen LogP contribution in [0.25, 0.3) is 0 Å². The van der Waals surface area contributed by atoms with Crippen LogP contribution in [0, 0.1) is 0 Å². The molecule has 4 nitrogen and oxygen atoms in total. The topological polar surface area (TPSA) is 41.6 Å². The number of hydrogen-bond acceptors (Lipinski definition) is 3. The summed E-state index contributed by atoms with van der Waals surface area (Å²) in [7, 11) is 2.96. The van der Waals surface area contributed by atoms with Crippen molar-refractivity contribution in [2.75, 3.05) is 14.2 Å². The van der Waals surface area contributed by atoms with Gasteiger partial charge in [-0.15, -0.1) is 0 Å². The van der Waals surface area contributed by atoms with E-state index in [4.69, 9.17) is 0 Å². The second kappa shape index (κ2) is 4.11. The van der Waals surface area contributed by atoms with Gasteiger partial charge in [0.1, 0.15) is 0 Å². The lowest BCUT2D eigenvalue weighted by Crippen LogP contribution is -2.43. The van der Waals surface area contributed by atoms with Gasteiger partial charge < -0.3 is 4.74 Å². The summed E-state index contributed by atoms with van der Waals surface area (Å²) in [5.41, 5.74) is 2.85. The summed E-state index contributed by atoms with van der Waals surface area (Å²) in [4.78, 5) is 10.7. The molecule has 0 aliphatic carbocycles. The van der Waals surface area contributed by atoms with Gasteiger partial charge in [0.2, 0.25) is 0 Å². The fraction of sp³-hybridized carbons (Fsp3) is 0.833. The summed E-state index contributed by atoms with van der Waals surface area (Å²) in [6.45, 7) is 3.89. The molecule has 0 rings (SSSR count). The Morgan fingerprint density at radius 1 is 1.60 bits per heavy atom. The molecule has 0 aromatic heterocycles. The SMILES string of the molecule is COC(=O)N(C)NC(C)C. The summed E-state index contributed by atoms with van der Waals surface area (Å²) in [6.07, 6.45) is -0.381. The third kappa shape index (κ3) is 3.29. The maximum absolute atomic E-state index is 10.7. The highest BCUT2D eigenvalue weighted by molar-refractivity contribution is 5.66. The highest BCUT2D eigenvalue weighted by atomic mass is 16.5. The molecule has 0 unspecified atom stereocenters. The van der Waals surface area contributed by atoms with Crippen molar-refractivity contribution in [1.29, 1.82) is 0 Å². The molecule has 0 aliphatic rings. The van der Waals surface area contributed by atoms with Crippen molar-refractivity contribution in [1.82, 2.24) is 10.4 Å². The lowest BCUT2D eigenvalue weighted by Gasteiger charge is -2.18. The van der Waals surface area contributed by atoms with Crippen LogP contribution in [0.4, 0.5) is 4.79 Å². The van der Waals surface area contributed by atoms with Gasteiger partial charge >= 0.3 is 6.09 Å².